The van der Waals surface area contributed by atoms with Crippen LogP contribution in [-0.4, -0.2) is 35.3 Å². The Morgan fingerprint density at radius 1 is 1.00 bits per heavy atom. The van der Waals surface area contributed by atoms with E-state index < -0.39 is 19.9 Å². The van der Waals surface area contributed by atoms with Gasteiger partial charge in [0.25, 0.3) is 5.91 Å². The molecule has 1 unspecified atom stereocenters. The first-order chi connectivity index (χ1) is 12.9. The number of hydrogen-bond donors (Lipinski definition) is 2. The van der Waals surface area contributed by atoms with E-state index in [9.17, 15) is 21.6 Å². The molecule has 0 fully saturated rings. The lowest BCUT2D eigenvalue weighted by molar-refractivity contribution is 0.0935. The number of benzene rings is 2. The highest BCUT2D eigenvalue weighted by molar-refractivity contribution is 7.92. The van der Waals surface area contributed by atoms with Crippen molar-refractivity contribution in [3.8, 4) is 0 Å². The highest BCUT2D eigenvalue weighted by Gasteiger charge is 2.18. The predicted octanol–water partition coefficient (Wildman–Crippen LogP) is 2.65. The number of sulfone groups is 1. The summed E-state index contributed by atoms with van der Waals surface area (Å²) in [6.45, 7) is 3.58. The fourth-order valence-electron chi connectivity index (χ4n) is 2.80. The molecular formula is C19H24N2O5S2. The molecule has 28 heavy (non-hydrogen) atoms. The lowest BCUT2D eigenvalue weighted by Crippen LogP contribution is -2.29. The van der Waals surface area contributed by atoms with Gasteiger partial charge in [-0.25, -0.2) is 16.8 Å². The van der Waals surface area contributed by atoms with Gasteiger partial charge in [0.2, 0.25) is 10.0 Å². The van der Waals surface area contributed by atoms with Crippen LogP contribution in [0, 0.1) is 6.92 Å². The van der Waals surface area contributed by atoms with Gasteiger partial charge in [0.1, 0.15) is 0 Å². The molecule has 9 heteroatoms. The Bertz CT molecular complexity index is 1080. The van der Waals surface area contributed by atoms with Gasteiger partial charge < -0.3 is 5.32 Å². The number of sulfonamides is 1. The molecule has 0 aliphatic heterocycles. The number of anilines is 1. The molecule has 1 amide bonds. The number of nitrogens with one attached hydrogen (secondary N) is 2. The second-order valence-corrected chi connectivity index (χ2v) is 10.4. The van der Waals surface area contributed by atoms with E-state index in [4.69, 9.17) is 0 Å². The standard InChI is InChI=1S/C19H24N2O5S2/c1-5-17(14-9-11-15(12-10-14)27(3,23)24)20-19(22)16-7-6-8-18(13(16)2)21-28(4,25)26/h6-12,17,21H,5H2,1-4H3,(H,20,22). The number of carbonyl (C=O) groups is 1. The molecule has 0 saturated carbocycles. The van der Waals surface area contributed by atoms with Crippen molar-refractivity contribution in [2.75, 3.05) is 17.2 Å². The van der Waals surface area contributed by atoms with Gasteiger partial charge in [-0.15, -0.1) is 0 Å². The van der Waals surface area contributed by atoms with Crippen molar-refractivity contribution in [1.82, 2.24) is 5.32 Å². The first-order valence-electron chi connectivity index (χ1n) is 8.60. The fraction of sp³-hybridized carbons (Fsp3) is 0.316. The van der Waals surface area contributed by atoms with E-state index in [1.54, 1.807) is 37.3 Å². The molecule has 2 rings (SSSR count). The van der Waals surface area contributed by atoms with Crippen LogP contribution < -0.4 is 10.0 Å². The van der Waals surface area contributed by atoms with E-state index in [2.05, 4.69) is 10.0 Å². The molecule has 7 nitrogen and oxygen atoms in total. The van der Waals surface area contributed by atoms with Gasteiger partial charge in [0.15, 0.2) is 9.84 Å². The zero-order chi connectivity index (χ0) is 21.1. The summed E-state index contributed by atoms with van der Waals surface area (Å²) in [5.41, 5.74) is 2.01. The maximum Gasteiger partial charge on any atom is 0.252 e. The lowest BCUT2D eigenvalue weighted by Gasteiger charge is -2.19. The van der Waals surface area contributed by atoms with Gasteiger partial charge in [-0.2, -0.15) is 0 Å². The zero-order valence-electron chi connectivity index (χ0n) is 16.2. The monoisotopic (exact) mass is 424 g/mol. The molecule has 0 aliphatic carbocycles. The number of hydrogen-bond acceptors (Lipinski definition) is 5. The van der Waals surface area contributed by atoms with Crippen LogP contribution in [0.3, 0.4) is 0 Å². The average Bonchev–Trinajstić information content (AvgIpc) is 2.59. The molecule has 2 aromatic carbocycles. The molecule has 0 radical (unpaired) electrons. The molecular weight excluding hydrogens is 400 g/mol. The van der Waals surface area contributed by atoms with Crippen molar-refractivity contribution < 1.29 is 21.6 Å². The van der Waals surface area contributed by atoms with Crippen LogP contribution in [0.2, 0.25) is 0 Å². The van der Waals surface area contributed by atoms with Gasteiger partial charge >= 0.3 is 0 Å². The molecule has 0 saturated heterocycles. The highest BCUT2D eigenvalue weighted by atomic mass is 32.2. The third-order valence-corrected chi connectivity index (χ3v) is 6.02. The Labute approximate surface area is 166 Å². The smallest absolute Gasteiger partial charge is 0.252 e. The first kappa shape index (κ1) is 21.9. The third kappa shape index (κ3) is 5.56. The van der Waals surface area contributed by atoms with Crippen LogP contribution >= 0.6 is 0 Å². The Balaban J connectivity index is 2.26. The van der Waals surface area contributed by atoms with Crippen molar-refractivity contribution >= 4 is 31.5 Å². The summed E-state index contributed by atoms with van der Waals surface area (Å²) in [6.07, 6.45) is 2.79. The molecule has 152 valence electrons. The van der Waals surface area contributed by atoms with Gasteiger partial charge in [0.05, 0.1) is 22.9 Å². The largest absolute Gasteiger partial charge is 0.345 e. The van der Waals surface area contributed by atoms with Crippen LogP contribution in [-0.2, 0) is 19.9 Å². The minimum absolute atomic E-state index is 0.216. The average molecular weight is 425 g/mol. The van der Waals surface area contributed by atoms with E-state index in [0.717, 1.165) is 18.1 Å². The summed E-state index contributed by atoms with van der Waals surface area (Å²) < 4.78 is 48.6. The van der Waals surface area contributed by atoms with Crippen molar-refractivity contribution in [3.63, 3.8) is 0 Å². The van der Waals surface area contributed by atoms with Gasteiger partial charge in [-0.3, -0.25) is 9.52 Å². The Morgan fingerprint density at radius 3 is 2.11 bits per heavy atom. The second kappa shape index (κ2) is 8.32. The summed E-state index contributed by atoms with van der Waals surface area (Å²) in [7, 11) is -6.75. The van der Waals surface area contributed by atoms with Crippen molar-refractivity contribution in [3.05, 3.63) is 59.2 Å². The van der Waals surface area contributed by atoms with Gasteiger partial charge in [-0.05, 0) is 48.7 Å². The Kier molecular flexibility index (Phi) is 6.51. The maximum absolute atomic E-state index is 12.8. The van der Waals surface area contributed by atoms with Crippen LogP contribution in [0.25, 0.3) is 0 Å². The Hall–Kier alpha value is -2.39. The quantitative estimate of drug-likeness (QED) is 0.710. The van der Waals surface area contributed by atoms with Gasteiger partial charge in [0, 0.05) is 11.8 Å². The van der Waals surface area contributed by atoms with Crippen LogP contribution in [0.5, 0.6) is 0 Å². The second-order valence-electron chi connectivity index (χ2n) is 6.63. The summed E-state index contributed by atoms with van der Waals surface area (Å²) in [6, 6.07) is 10.9. The molecule has 0 heterocycles. The van der Waals surface area contributed by atoms with Gasteiger partial charge in [-0.1, -0.05) is 25.1 Å². The zero-order valence-corrected chi connectivity index (χ0v) is 17.8. The number of carbonyl (C=O) groups excluding carboxylic acids is 1. The van der Waals surface area contributed by atoms with E-state index >= 15 is 0 Å². The third-order valence-electron chi connectivity index (χ3n) is 4.30. The maximum atomic E-state index is 12.8. The normalized spacial score (nSPS) is 13.0. The van der Waals surface area contributed by atoms with E-state index in [0.29, 0.717) is 23.2 Å². The number of amides is 1. The molecule has 0 aliphatic rings. The van der Waals surface area contributed by atoms with Crippen LogP contribution in [0.15, 0.2) is 47.4 Å². The summed E-state index contributed by atoms with van der Waals surface area (Å²) in [4.78, 5) is 13.0. The van der Waals surface area contributed by atoms with E-state index in [-0.39, 0.29) is 16.8 Å². The molecule has 0 bridgehead atoms. The molecule has 0 spiro atoms. The van der Waals surface area contributed by atoms with Crippen LogP contribution in [0.1, 0.15) is 40.9 Å². The molecule has 0 aromatic heterocycles. The molecule has 2 aromatic rings. The molecule has 2 N–H and O–H groups in total. The summed E-state index contributed by atoms with van der Waals surface area (Å²) in [5, 5.41) is 2.92. The fourth-order valence-corrected chi connectivity index (χ4v) is 4.05. The predicted molar refractivity (Wildman–Crippen MR) is 110 cm³/mol. The first-order valence-corrected chi connectivity index (χ1v) is 12.4. The SMILES string of the molecule is CCC(NC(=O)c1cccc(NS(C)(=O)=O)c1C)c1ccc(S(C)(=O)=O)cc1. The lowest BCUT2D eigenvalue weighted by atomic mass is 10.0. The van der Waals surface area contributed by atoms with Crippen molar-refractivity contribution in [2.24, 2.45) is 0 Å². The van der Waals surface area contributed by atoms with Crippen LogP contribution in [0.4, 0.5) is 5.69 Å². The van der Waals surface area contributed by atoms with E-state index in [1.807, 2.05) is 6.92 Å². The minimum Gasteiger partial charge on any atom is -0.345 e. The Morgan fingerprint density at radius 2 is 1.61 bits per heavy atom. The van der Waals surface area contributed by atoms with Crippen molar-refractivity contribution in [1.29, 1.82) is 0 Å². The summed E-state index contributed by atoms with van der Waals surface area (Å²) in [5.74, 6) is -0.339. The van der Waals surface area contributed by atoms with Crippen molar-refractivity contribution in [2.45, 2.75) is 31.2 Å². The van der Waals surface area contributed by atoms with E-state index in [1.165, 1.54) is 12.1 Å². The minimum atomic E-state index is -3.46. The molecule has 1 atom stereocenters. The summed E-state index contributed by atoms with van der Waals surface area (Å²) >= 11 is 0. The number of rotatable bonds is 7. The topological polar surface area (TPSA) is 109 Å². The highest BCUT2D eigenvalue weighted by Crippen LogP contribution is 2.23.